The van der Waals surface area contributed by atoms with Crippen molar-refractivity contribution in [3.8, 4) is 6.07 Å². The molecule has 8 nitrogen and oxygen atoms in total. The Labute approximate surface area is 178 Å². The average molecular weight is 443 g/mol. The van der Waals surface area contributed by atoms with Crippen molar-refractivity contribution in [2.24, 2.45) is 0 Å². The second kappa shape index (κ2) is 8.01. The van der Waals surface area contributed by atoms with E-state index in [1.807, 2.05) is 6.07 Å². The third-order valence-electron chi connectivity index (χ3n) is 4.89. The molecular weight excluding hydrogens is 424 g/mol. The molecule has 0 saturated carbocycles. The van der Waals surface area contributed by atoms with Crippen LogP contribution in [0.2, 0.25) is 0 Å². The van der Waals surface area contributed by atoms with Crippen molar-refractivity contribution in [2.75, 3.05) is 23.1 Å². The van der Waals surface area contributed by atoms with Crippen LogP contribution in [0, 0.1) is 11.3 Å². The zero-order chi connectivity index (χ0) is 21.3. The Kier molecular flexibility index (Phi) is 5.40. The molecule has 1 unspecified atom stereocenters. The van der Waals surface area contributed by atoms with Crippen LogP contribution in [0.1, 0.15) is 18.4 Å². The Hall–Kier alpha value is -3.03. The van der Waals surface area contributed by atoms with Gasteiger partial charge in [-0.1, -0.05) is 6.07 Å². The van der Waals surface area contributed by atoms with Crippen LogP contribution in [0.4, 0.5) is 11.4 Å². The van der Waals surface area contributed by atoms with Crippen molar-refractivity contribution in [1.82, 2.24) is 4.90 Å². The fourth-order valence-electron chi connectivity index (χ4n) is 3.39. The topological polar surface area (TPSA) is 119 Å². The van der Waals surface area contributed by atoms with Gasteiger partial charge in [0.2, 0.25) is 11.8 Å². The van der Waals surface area contributed by atoms with Gasteiger partial charge in [-0.3, -0.25) is 14.3 Å². The van der Waals surface area contributed by atoms with Crippen molar-refractivity contribution in [2.45, 2.75) is 27.9 Å². The summed E-state index contributed by atoms with van der Waals surface area (Å²) in [5.41, 5.74) is 0.948. The standard InChI is InChI=1S/C20H18N4O4S2/c21-12-13-4-3-5-14(10-13)23-30(27,28)15-6-7-17-16(11-15)22-19(25)18(29-17)20(26)24-8-1-2-9-24/h3-7,10-11,18,23H,1-2,8-9H2,(H,22,25). The van der Waals surface area contributed by atoms with Gasteiger partial charge in [-0.05, 0) is 49.2 Å². The molecule has 2 heterocycles. The second-order valence-corrected chi connectivity index (χ2v) is 9.80. The van der Waals surface area contributed by atoms with Crippen LogP contribution in [0.15, 0.2) is 52.3 Å². The van der Waals surface area contributed by atoms with Gasteiger partial charge in [-0.2, -0.15) is 5.26 Å². The molecular formula is C20H18N4O4S2. The van der Waals surface area contributed by atoms with Gasteiger partial charge < -0.3 is 10.2 Å². The molecule has 2 aliphatic rings. The van der Waals surface area contributed by atoms with Gasteiger partial charge in [0.1, 0.15) is 0 Å². The van der Waals surface area contributed by atoms with E-state index in [1.54, 1.807) is 29.2 Å². The molecule has 1 atom stereocenters. The summed E-state index contributed by atoms with van der Waals surface area (Å²) in [5, 5.41) is 10.8. The maximum atomic E-state index is 12.7. The van der Waals surface area contributed by atoms with Gasteiger partial charge in [0.25, 0.3) is 10.0 Å². The van der Waals surface area contributed by atoms with E-state index in [1.165, 1.54) is 18.2 Å². The molecule has 154 valence electrons. The highest BCUT2D eigenvalue weighted by Crippen LogP contribution is 2.38. The normalized spacial score (nSPS) is 18.3. The number of fused-ring (bicyclic) bond motifs is 1. The predicted molar refractivity (Wildman–Crippen MR) is 112 cm³/mol. The number of rotatable bonds is 4. The molecule has 2 N–H and O–H groups in total. The van der Waals surface area contributed by atoms with E-state index in [9.17, 15) is 18.0 Å². The van der Waals surface area contributed by atoms with Crippen LogP contribution in [0.25, 0.3) is 0 Å². The lowest BCUT2D eigenvalue weighted by molar-refractivity contribution is -0.133. The van der Waals surface area contributed by atoms with Crippen LogP contribution in [0.5, 0.6) is 0 Å². The number of nitriles is 1. The molecule has 0 radical (unpaired) electrons. The number of likely N-dealkylation sites (tertiary alicyclic amines) is 1. The summed E-state index contributed by atoms with van der Waals surface area (Å²) in [5.74, 6) is -0.662. The lowest BCUT2D eigenvalue weighted by Gasteiger charge is -2.27. The van der Waals surface area contributed by atoms with Crippen molar-refractivity contribution >= 4 is 45.0 Å². The first kappa shape index (κ1) is 20.3. The van der Waals surface area contributed by atoms with Crippen LogP contribution in [0.3, 0.4) is 0 Å². The number of nitrogens with one attached hydrogen (secondary N) is 2. The molecule has 30 heavy (non-hydrogen) atoms. The van der Waals surface area contributed by atoms with Gasteiger partial charge in [-0.15, -0.1) is 11.8 Å². The summed E-state index contributed by atoms with van der Waals surface area (Å²) in [6.07, 6.45) is 1.87. The molecule has 2 aliphatic heterocycles. The Balaban J connectivity index is 1.55. The maximum Gasteiger partial charge on any atom is 0.261 e. The number of carbonyl (C=O) groups is 2. The highest BCUT2D eigenvalue weighted by Gasteiger charge is 2.37. The highest BCUT2D eigenvalue weighted by atomic mass is 32.2. The number of anilines is 2. The van der Waals surface area contributed by atoms with Crippen molar-refractivity contribution < 1.29 is 18.0 Å². The largest absolute Gasteiger partial charge is 0.341 e. The molecule has 10 heteroatoms. The van der Waals surface area contributed by atoms with Crippen LogP contribution >= 0.6 is 11.8 Å². The van der Waals surface area contributed by atoms with Gasteiger partial charge in [0.15, 0.2) is 5.25 Å². The summed E-state index contributed by atoms with van der Waals surface area (Å²) in [7, 11) is -3.93. The molecule has 2 aromatic carbocycles. The van der Waals surface area contributed by atoms with Crippen LogP contribution in [-0.2, 0) is 19.6 Å². The third kappa shape index (κ3) is 3.99. The Morgan fingerprint density at radius 2 is 1.97 bits per heavy atom. The Bertz CT molecular complexity index is 1170. The summed E-state index contributed by atoms with van der Waals surface area (Å²) >= 11 is 1.13. The number of amides is 2. The van der Waals surface area contributed by atoms with Crippen molar-refractivity contribution in [3.63, 3.8) is 0 Å². The van der Waals surface area contributed by atoms with E-state index in [0.717, 1.165) is 24.6 Å². The maximum absolute atomic E-state index is 12.7. The third-order valence-corrected chi connectivity index (χ3v) is 7.53. The van der Waals surface area contributed by atoms with E-state index in [0.29, 0.717) is 29.2 Å². The summed E-state index contributed by atoms with van der Waals surface area (Å²) in [6.45, 7) is 1.32. The first-order valence-corrected chi connectivity index (χ1v) is 11.7. The molecule has 1 saturated heterocycles. The van der Waals surface area contributed by atoms with Crippen LogP contribution in [-0.4, -0.2) is 43.5 Å². The first-order valence-electron chi connectivity index (χ1n) is 9.31. The van der Waals surface area contributed by atoms with E-state index in [4.69, 9.17) is 5.26 Å². The Morgan fingerprint density at radius 1 is 1.20 bits per heavy atom. The number of nitrogens with zero attached hydrogens (tertiary/aromatic N) is 2. The molecule has 0 bridgehead atoms. The number of hydrogen-bond donors (Lipinski definition) is 2. The van der Waals surface area contributed by atoms with E-state index >= 15 is 0 Å². The summed E-state index contributed by atoms with van der Waals surface area (Å²) < 4.78 is 27.9. The highest BCUT2D eigenvalue weighted by molar-refractivity contribution is 8.01. The van der Waals surface area contributed by atoms with Gasteiger partial charge in [0, 0.05) is 18.0 Å². The van der Waals surface area contributed by atoms with E-state index in [-0.39, 0.29) is 16.5 Å². The minimum Gasteiger partial charge on any atom is -0.341 e. The predicted octanol–water partition coefficient (Wildman–Crippen LogP) is 2.39. The van der Waals surface area contributed by atoms with Gasteiger partial charge in [-0.25, -0.2) is 8.42 Å². The van der Waals surface area contributed by atoms with Gasteiger partial charge in [0.05, 0.1) is 27.9 Å². The van der Waals surface area contributed by atoms with E-state index < -0.39 is 21.2 Å². The van der Waals surface area contributed by atoms with Crippen molar-refractivity contribution in [1.29, 1.82) is 5.26 Å². The number of hydrogen-bond acceptors (Lipinski definition) is 6. The monoisotopic (exact) mass is 442 g/mol. The minimum absolute atomic E-state index is 0.0335. The summed E-state index contributed by atoms with van der Waals surface area (Å²) in [4.78, 5) is 27.4. The Morgan fingerprint density at radius 3 is 2.70 bits per heavy atom. The molecule has 0 aromatic heterocycles. The number of sulfonamides is 1. The minimum atomic E-state index is -3.93. The molecule has 1 fully saturated rings. The second-order valence-electron chi connectivity index (χ2n) is 6.98. The fourth-order valence-corrected chi connectivity index (χ4v) is 5.52. The lowest BCUT2D eigenvalue weighted by Crippen LogP contribution is -2.43. The summed E-state index contributed by atoms with van der Waals surface area (Å²) in [6, 6.07) is 12.5. The average Bonchev–Trinajstić information content (AvgIpc) is 3.27. The molecule has 2 aromatic rings. The number of carbonyl (C=O) groups excluding carboxylic acids is 2. The molecule has 2 amide bonds. The fraction of sp³-hybridized carbons (Fsp3) is 0.250. The van der Waals surface area contributed by atoms with Crippen molar-refractivity contribution in [3.05, 3.63) is 48.0 Å². The molecule has 0 aliphatic carbocycles. The SMILES string of the molecule is N#Cc1cccc(NS(=O)(=O)c2ccc3c(c2)NC(=O)C(C(=O)N2CCCC2)S3)c1. The number of thioether (sulfide) groups is 1. The quantitative estimate of drug-likeness (QED) is 0.702. The first-order chi connectivity index (χ1) is 14.4. The number of benzene rings is 2. The smallest absolute Gasteiger partial charge is 0.261 e. The zero-order valence-electron chi connectivity index (χ0n) is 15.8. The lowest BCUT2D eigenvalue weighted by atomic mass is 10.2. The van der Waals surface area contributed by atoms with E-state index in [2.05, 4.69) is 10.0 Å². The van der Waals surface area contributed by atoms with Crippen LogP contribution < -0.4 is 10.0 Å². The van der Waals surface area contributed by atoms with Gasteiger partial charge >= 0.3 is 0 Å². The molecule has 4 rings (SSSR count). The zero-order valence-corrected chi connectivity index (χ0v) is 17.4. The molecule has 0 spiro atoms.